The number of aryl methyl sites for hydroxylation is 1. The molecular formula is C16H21ClN2. The van der Waals surface area contributed by atoms with E-state index < -0.39 is 0 Å². The van der Waals surface area contributed by atoms with Gasteiger partial charge >= 0.3 is 0 Å². The van der Waals surface area contributed by atoms with Gasteiger partial charge in [-0.1, -0.05) is 24.1 Å². The number of halogens is 1. The summed E-state index contributed by atoms with van der Waals surface area (Å²) < 4.78 is 0. The van der Waals surface area contributed by atoms with Gasteiger partial charge in [0.1, 0.15) is 5.84 Å². The third-order valence-corrected chi connectivity index (χ3v) is 3.71. The highest BCUT2D eigenvalue weighted by Gasteiger charge is 2.17. The number of hydrogen-bond acceptors (Lipinski definition) is 1. The smallest absolute Gasteiger partial charge is 0.109 e. The minimum atomic E-state index is 0.770. The number of rotatable bonds is 3. The molecule has 0 saturated carbocycles. The van der Waals surface area contributed by atoms with Gasteiger partial charge in [-0.05, 0) is 50.5 Å². The van der Waals surface area contributed by atoms with E-state index in [1.54, 1.807) is 0 Å². The Labute approximate surface area is 120 Å². The summed E-state index contributed by atoms with van der Waals surface area (Å²) in [7, 11) is 0. The molecule has 0 aromatic heterocycles. The van der Waals surface area contributed by atoms with Crippen LogP contribution >= 0.6 is 11.6 Å². The first-order valence-electron chi connectivity index (χ1n) is 6.88. The molecule has 0 radical (unpaired) electrons. The molecule has 1 aliphatic heterocycles. The van der Waals surface area contributed by atoms with Crippen molar-refractivity contribution in [3.63, 3.8) is 0 Å². The van der Waals surface area contributed by atoms with Crippen LogP contribution in [0.4, 0.5) is 5.69 Å². The third-order valence-electron chi connectivity index (χ3n) is 3.47. The van der Waals surface area contributed by atoms with Crippen molar-refractivity contribution in [1.82, 2.24) is 4.90 Å². The Balaban J connectivity index is 2.26. The lowest BCUT2D eigenvalue weighted by Gasteiger charge is -2.15. The van der Waals surface area contributed by atoms with Crippen molar-refractivity contribution >= 4 is 23.1 Å². The van der Waals surface area contributed by atoms with E-state index in [4.69, 9.17) is 16.6 Å². The zero-order valence-corrected chi connectivity index (χ0v) is 12.7. The predicted octanol–water partition coefficient (Wildman–Crippen LogP) is 5.09. The zero-order valence-electron chi connectivity index (χ0n) is 11.9. The van der Waals surface area contributed by atoms with E-state index in [2.05, 4.69) is 31.9 Å². The second kappa shape index (κ2) is 6.25. The fourth-order valence-electron chi connectivity index (χ4n) is 2.18. The highest BCUT2D eigenvalue weighted by atomic mass is 35.5. The first kappa shape index (κ1) is 14.1. The standard InChI is InChI=1S/C16H21ClN2/c1-4-12(2)11-19-9-5-6-16(19)18-15-8-7-14(17)10-13(15)3/h7-8,10-11H,4-6,9H2,1-3H3. The Morgan fingerprint density at radius 1 is 1.47 bits per heavy atom. The number of nitrogens with zero attached hydrogens (tertiary/aromatic N) is 2. The van der Waals surface area contributed by atoms with E-state index in [9.17, 15) is 0 Å². The van der Waals surface area contributed by atoms with Crippen LogP contribution in [-0.2, 0) is 0 Å². The molecule has 1 aliphatic rings. The molecule has 0 unspecified atom stereocenters. The minimum absolute atomic E-state index is 0.770. The Kier molecular flexibility index (Phi) is 4.65. The average Bonchev–Trinajstić information content (AvgIpc) is 2.80. The summed E-state index contributed by atoms with van der Waals surface area (Å²) in [6, 6.07) is 5.87. The Hall–Kier alpha value is -1.28. The number of amidine groups is 1. The van der Waals surface area contributed by atoms with E-state index in [0.717, 1.165) is 35.7 Å². The molecule has 1 saturated heterocycles. The first-order chi connectivity index (χ1) is 9.10. The fraction of sp³-hybridized carbons (Fsp3) is 0.438. The monoisotopic (exact) mass is 276 g/mol. The maximum Gasteiger partial charge on any atom is 0.109 e. The van der Waals surface area contributed by atoms with Crippen LogP contribution in [0.15, 0.2) is 35.0 Å². The summed E-state index contributed by atoms with van der Waals surface area (Å²) in [5.74, 6) is 1.17. The van der Waals surface area contributed by atoms with Gasteiger partial charge in [0, 0.05) is 24.2 Å². The van der Waals surface area contributed by atoms with Gasteiger partial charge < -0.3 is 4.90 Å². The fourth-order valence-corrected chi connectivity index (χ4v) is 2.41. The number of benzene rings is 1. The summed E-state index contributed by atoms with van der Waals surface area (Å²) >= 11 is 5.98. The molecule has 3 heteroatoms. The summed E-state index contributed by atoms with van der Waals surface area (Å²) in [6.45, 7) is 7.48. The van der Waals surface area contributed by atoms with E-state index in [1.807, 2.05) is 18.2 Å². The number of hydrogen-bond donors (Lipinski definition) is 0. The molecule has 19 heavy (non-hydrogen) atoms. The molecule has 0 spiro atoms. The van der Waals surface area contributed by atoms with Crippen LogP contribution in [0.25, 0.3) is 0 Å². The van der Waals surface area contributed by atoms with Gasteiger partial charge in [0.2, 0.25) is 0 Å². The van der Waals surface area contributed by atoms with Gasteiger partial charge in [-0.15, -0.1) is 0 Å². The van der Waals surface area contributed by atoms with Crippen LogP contribution in [0, 0.1) is 6.92 Å². The van der Waals surface area contributed by atoms with Gasteiger partial charge in [0.05, 0.1) is 5.69 Å². The van der Waals surface area contributed by atoms with Crippen LogP contribution in [-0.4, -0.2) is 17.3 Å². The van der Waals surface area contributed by atoms with Crippen molar-refractivity contribution in [3.8, 4) is 0 Å². The number of aliphatic imine (C=N–C) groups is 1. The quantitative estimate of drug-likeness (QED) is 0.751. The molecule has 1 heterocycles. The van der Waals surface area contributed by atoms with E-state index >= 15 is 0 Å². The summed E-state index contributed by atoms with van der Waals surface area (Å²) in [4.78, 5) is 7.09. The van der Waals surface area contributed by atoms with Crippen molar-refractivity contribution < 1.29 is 0 Å². The van der Waals surface area contributed by atoms with E-state index in [-0.39, 0.29) is 0 Å². The molecule has 0 N–H and O–H groups in total. The summed E-state index contributed by atoms with van der Waals surface area (Å²) in [6.07, 6.45) is 5.55. The maximum atomic E-state index is 5.98. The number of allylic oxidation sites excluding steroid dienone is 1. The molecular weight excluding hydrogens is 256 g/mol. The van der Waals surface area contributed by atoms with Crippen molar-refractivity contribution in [2.45, 2.75) is 40.0 Å². The second-order valence-electron chi connectivity index (χ2n) is 5.08. The SMILES string of the molecule is CCC(C)=CN1CCCC1=Nc1ccc(Cl)cc1C. The molecule has 1 aromatic rings. The van der Waals surface area contributed by atoms with Crippen molar-refractivity contribution in [3.05, 3.63) is 40.6 Å². The van der Waals surface area contributed by atoms with Crippen molar-refractivity contribution in [2.75, 3.05) is 6.54 Å². The lowest BCUT2D eigenvalue weighted by Crippen LogP contribution is -2.18. The van der Waals surface area contributed by atoms with Crippen LogP contribution < -0.4 is 0 Å². The van der Waals surface area contributed by atoms with Gasteiger partial charge in [0.25, 0.3) is 0 Å². The van der Waals surface area contributed by atoms with E-state index in [0.29, 0.717) is 0 Å². The molecule has 0 amide bonds. The van der Waals surface area contributed by atoms with Gasteiger partial charge in [0.15, 0.2) is 0 Å². The van der Waals surface area contributed by atoms with Crippen LogP contribution in [0.3, 0.4) is 0 Å². The Morgan fingerprint density at radius 2 is 2.26 bits per heavy atom. The molecule has 0 aliphatic carbocycles. The zero-order chi connectivity index (χ0) is 13.8. The van der Waals surface area contributed by atoms with Gasteiger partial charge in [-0.25, -0.2) is 4.99 Å². The third kappa shape index (κ3) is 3.60. The predicted molar refractivity (Wildman–Crippen MR) is 83.3 cm³/mol. The number of likely N-dealkylation sites (tertiary alicyclic amines) is 1. The van der Waals surface area contributed by atoms with E-state index in [1.165, 1.54) is 17.8 Å². The highest BCUT2D eigenvalue weighted by Crippen LogP contribution is 2.25. The highest BCUT2D eigenvalue weighted by molar-refractivity contribution is 6.30. The molecule has 102 valence electrons. The van der Waals surface area contributed by atoms with Crippen LogP contribution in [0.1, 0.15) is 38.7 Å². The minimum Gasteiger partial charge on any atom is -0.337 e. The van der Waals surface area contributed by atoms with Crippen LogP contribution in [0.5, 0.6) is 0 Å². The molecule has 2 nitrogen and oxygen atoms in total. The van der Waals surface area contributed by atoms with Crippen LogP contribution in [0.2, 0.25) is 5.02 Å². The van der Waals surface area contributed by atoms with Crippen molar-refractivity contribution in [2.24, 2.45) is 4.99 Å². The topological polar surface area (TPSA) is 15.6 Å². The Morgan fingerprint density at radius 3 is 2.95 bits per heavy atom. The lowest BCUT2D eigenvalue weighted by molar-refractivity contribution is 0.595. The second-order valence-corrected chi connectivity index (χ2v) is 5.52. The molecule has 1 fully saturated rings. The summed E-state index contributed by atoms with van der Waals surface area (Å²) in [5.41, 5.74) is 3.54. The lowest BCUT2D eigenvalue weighted by atomic mass is 10.2. The normalized spacial score (nSPS) is 18.4. The molecule has 0 bridgehead atoms. The molecule has 0 atom stereocenters. The van der Waals surface area contributed by atoms with Gasteiger partial charge in [-0.3, -0.25) is 0 Å². The average molecular weight is 277 g/mol. The summed E-state index contributed by atoms with van der Waals surface area (Å²) in [5, 5.41) is 0.770. The van der Waals surface area contributed by atoms with Crippen molar-refractivity contribution in [1.29, 1.82) is 0 Å². The molecule has 1 aromatic carbocycles. The Bertz CT molecular complexity index is 517. The maximum absolute atomic E-state index is 5.98. The first-order valence-corrected chi connectivity index (χ1v) is 7.25. The largest absolute Gasteiger partial charge is 0.337 e. The van der Waals surface area contributed by atoms with Gasteiger partial charge in [-0.2, -0.15) is 0 Å². The molecule has 2 rings (SSSR count).